The molecule has 0 aliphatic rings. The maximum Gasteiger partial charge on any atom is 0.104 e. The first-order chi connectivity index (χ1) is 22.2. The third kappa shape index (κ3) is 31.6. The standard InChI is InChI=1S/C43H88O4/c1-35(2)17-11-19-37(5)21-13-23-39(7)24-15-26-41(9)28-31-47-42(33-44)34-46-32-30-43(10,45)29-16-27-40(8)25-14-22-38(6)20-12-18-36(3)4/h35-42,44-45H,11-34H2,1-10H3. The molecule has 0 fully saturated rings. The molecule has 0 aromatic rings. The second-order valence-electron chi connectivity index (χ2n) is 17.6. The molecule has 0 aliphatic carbocycles. The van der Waals surface area contributed by atoms with Gasteiger partial charge in [0.15, 0.2) is 0 Å². The lowest BCUT2D eigenvalue weighted by atomic mass is 9.89. The fourth-order valence-electron chi connectivity index (χ4n) is 6.97. The zero-order valence-corrected chi connectivity index (χ0v) is 33.8. The summed E-state index contributed by atoms with van der Waals surface area (Å²) in [5.41, 5.74) is -0.696. The minimum atomic E-state index is -0.696. The predicted molar refractivity (Wildman–Crippen MR) is 206 cm³/mol. The average Bonchev–Trinajstić information content (AvgIpc) is 2.97. The summed E-state index contributed by atoms with van der Waals surface area (Å²) in [6.45, 7) is 24.8. The van der Waals surface area contributed by atoms with E-state index in [0.29, 0.717) is 32.2 Å². The van der Waals surface area contributed by atoms with Crippen molar-refractivity contribution in [2.24, 2.45) is 41.4 Å². The van der Waals surface area contributed by atoms with Crippen LogP contribution in [-0.2, 0) is 9.47 Å². The van der Waals surface area contributed by atoms with Crippen LogP contribution in [0.5, 0.6) is 0 Å². The molecule has 0 radical (unpaired) electrons. The van der Waals surface area contributed by atoms with E-state index in [4.69, 9.17) is 9.47 Å². The number of ether oxygens (including phenoxy) is 2. The summed E-state index contributed by atoms with van der Waals surface area (Å²) < 4.78 is 11.8. The molecule has 7 atom stereocenters. The Morgan fingerprint density at radius 3 is 1.21 bits per heavy atom. The minimum Gasteiger partial charge on any atom is -0.394 e. The molecule has 47 heavy (non-hydrogen) atoms. The van der Waals surface area contributed by atoms with Crippen LogP contribution in [0.2, 0.25) is 0 Å². The van der Waals surface area contributed by atoms with Gasteiger partial charge in [-0.3, -0.25) is 0 Å². The van der Waals surface area contributed by atoms with Gasteiger partial charge in [0.2, 0.25) is 0 Å². The lowest BCUT2D eigenvalue weighted by Crippen LogP contribution is -2.29. The molecule has 0 aromatic heterocycles. The van der Waals surface area contributed by atoms with Crippen molar-refractivity contribution in [3.63, 3.8) is 0 Å². The predicted octanol–water partition coefficient (Wildman–Crippen LogP) is 12.4. The molecule has 0 saturated carbocycles. The molecule has 7 unspecified atom stereocenters. The Morgan fingerprint density at radius 2 is 0.830 bits per heavy atom. The molecule has 0 amide bonds. The van der Waals surface area contributed by atoms with Crippen molar-refractivity contribution < 1.29 is 19.7 Å². The van der Waals surface area contributed by atoms with E-state index in [-0.39, 0.29) is 12.7 Å². The van der Waals surface area contributed by atoms with Gasteiger partial charge in [0.25, 0.3) is 0 Å². The van der Waals surface area contributed by atoms with Crippen molar-refractivity contribution in [1.29, 1.82) is 0 Å². The SMILES string of the molecule is CC(C)CCCC(C)CCCC(C)CCCC(C)CCOC(CO)COCCC(C)(O)CCCC(C)CCCC(C)CCCC(C)C. The molecule has 0 aromatic carbocycles. The molecule has 284 valence electrons. The topological polar surface area (TPSA) is 58.9 Å². The smallest absolute Gasteiger partial charge is 0.104 e. The number of hydrogen-bond donors (Lipinski definition) is 2. The Morgan fingerprint density at radius 1 is 0.468 bits per heavy atom. The van der Waals surface area contributed by atoms with E-state index >= 15 is 0 Å². The van der Waals surface area contributed by atoms with Crippen LogP contribution in [0.25, 0.3) is 0 Å². The lowest BCUT2D eigenvalue weighted by molar-refractivity contribution is -0.0578. The van der Waals surface area contributed by atoms with Crippen LogP contribution < -0.4 is 0 Å². The Bertz CT molecular complexity index is 662. The zero-order chi connectivity index (χ0) is 35.5. The van der Waals surface area contributed by atoms with E-state index in [9.17, 15) is 10.2 Å². The van der Waals surface area contributed by atoms with Crippen molar-refractivity contribution in [2.75, 3.05) is 26.4 Å². The fraction of sp³-hybridized carbons (Fsp3) is 1.00. The lowest BCUT2D eigenvalue weighted by Gasteiger charge is -2.25. The van der Waals surface area contributed by atoms with Gasteiger partial charge in [-0.25, -0.2) is 0 Å². The second kappa shape index (κ2) is 29.6. The van der Waals surface area contributed by atoms with Gasteiger partial charge in [-0.1, -0.05) is 171 Å². The highest BCUT2D eigenvalue weighted by atomic mass is 16.5. The maximum absolute atomic E-state index is 10.9. The zero-order valence-electron chi connectivity index (χ0n) is 33.8. The number of aliphatic hydroxyl groups is 2. The maximum atomic E-state index is 10.9. The fourth-order valence-corrected chi connectivity index (χ4v) is 6.97. The van der Waals surface area contributed by atoms with E-state index < -0.39 is 5.60 Å². The summed E-state index contributed by atoms with van der Waals surface area (Å²) in [6.07, 6.45) is 24.8. The molecular formula is C43H88O4. The van der Waals surface area contributed by atoms with E-state index in [1.807, 2.05) is 6.92 Å². The van der Waals surface area contributed by atoms with E-state index in [0.717, 1.165) is 54.8 Å². The Kier molecular flexibility index (Phi) is 29.5. The number of hydrogen-bond acceptors (Lipinski definition) is 4. The molecule has 0 heterocycles. The first-order valence-electron chi connectivity index (χ1n) is 20.8. The van der Waals surface area contributed by atoms with Crippen LogP contribution in [0.1, 0.15) is 198 Å². The summed E-state index contributed by atoms with van der Waals surface area (Å²) in [5.74, 6) is 5.60. The van der Waals surface area contributed by atoms with Crippen molar-refractivity contribution in [2.45, 2.75) is 209 Å². The van der Waals surface area contributed by atoms with Gasteiger partial charge in [-0.15, -0.1) is 0 Å². The largest absolute Gasteiger partial charge is 0.394 e. The highest BCUT2D eigenvalue weighted by molar-refractivity contribution is 4.73. The minimum absolute atomic E-state index is 0.0206. The van der Waals surface area contributed by atoms with Crippen LogP contribution in [0.3, 0.4) is 0 Å². The van der Waals surface area contributed by atoms with Gasteiger partial charge in [0, 0.05) is 13.2 Å². The Balaban J connectivity index is 3.89. The van der Waals surface area contributed by atoms with E-state index in [1.54, 1.807) is 0 Å². The summed E-state index contributed by atoms with van der Waals surface area (Å²) in [5, 5.41) is 20.7. The van der Waals surface area contributed by atoms with Crippen molar-refractivity contribution in [3.8, 4) is 0 Å². The van der Waals surface area contributed by atoms with Crippen LogP contribution in [0.15, 0.2) is 0 Å². The monoisotopic (exact) mass is 669 g/mol. The molecule has 4 nitrogen and oxygen atoms in total. The van der Waals surface area contributed by atoms with Gasteiger partial charge in [-0.05, 0) is 67.6 Å². The molecule has 4 heteroatoms. The van der Waals surface area contributed by atoms with Crippen molar-refractivity contribution in [3.05, 3.63) is 0 Å². The highest BCUT2D eigenvalue weighted by Gasteiger charge is 2.21. The van der Waals surface area contributed by atoms with Crippen molar-refractivity contribution in [1.82, 2.24) is 0 Å². The van der Waals surface area contributed by atoms with Crippen molar-refractivity contribution >= 4 is 0 Å². The first kappa shape index (κ1) is 46.8. The molecule has 2 N–H and O–H groups in total. The second-order valence-corrected chi connectivity index (χ2v) is 17.6. The first-order valence-corrected chi connectivity index (χ1v) is 20.8. The third-order valence-electron chi connectivity index (χ3n) is 10.8. The quantitative estimate of drug-likeness (QED) is 0.0670. The van der Waals surface area contributed by atoms with Gasteiger partial charge < -0.3 is 19.7 Å². The van der Waals surface area contributed by atoms with Crippen LogP contribution in [-0.4, -0.2) is 48.3 Å². The Hall–Kier alpha value is -0.160. The molecule has 0 aliphatic heterocycles. The molecule has 0 rings (SSSR count). The molecule has 0 bridgehead atoms. The van der Waals surface area contributed by atoms with Gasteiger partial charge in [-0.2, -0.15) is 0 Å². The normalized spacial score (nSPS) is 17.5. The highest BCUT2D eigenvalue weighted by Crippen LogP contribution is 2.25. The average molecular weight is 669 g/mol. The molecular weight excluding hydrogens is 580 g/mol. The number of rotatable bonds is 34. The summed E-state index contributed by atoms with van der Waals surface area (Å²) >= 11 is 0. The molecule has 0 spiro atoms. The van der Waals surface area contributed by atoms with E-state index in [1.165, 1.54) is 103 Å². The summed E-state index contributed by atoms with van der Waals surface area (Å²) in [4.78, 5) is 0. The van der Waals surface area contributed by atoms with Gasteiger partial charge >= 0.3 is 0 Å². The summed E-state index contributed by atoms with van der Waals surface area (Å²) in [6, 6.07) is 0. The summed E-state index contributed by atoms with van der Waals surface area (Å²) in [7, 11) is 0. The van der Waals surface area contributed by atoms with Gasteiger partial charge in [0.1, 0.15) is 6.10 Å². The van der Waals surface area contributed by atoms with E-state index in [2.05, 4.69) is 62.3 Å². The van der Waals surface area contributed by atoms with Crippen LogP contribution in [0, 0.1) is 41.4 Å². The number of aliphatic hydroxyl groups excluding tert-OH is 1. The van der Waals surface area contributed by atoms with Gasteiger partial charge in [0.05, 0.1) is 18.8 Å². The van der Waals surface area contributed by atoms with Crippen LogP contribution >= 0.6 is 0 Å². The third-order valence-corrected chi connectivity index (χ3v) is 10.8. The molecule has 0 saturated heterocycles. The Labute approximate surface area is 296 Å². The van der Waals surface area contributed by atoms with Crippen LogP contribution in [0.4, 0.5) is 0 Å².